The molecule has 1 fully saturated rings. The van der Waals surface area contributed by atoms with Crippen molar-refractivity contribution in [3.05, 3.63) is 35.4 Å². The van der Waals surface area contributed by atoms with Gasteiger partial charge in [0, 0.05) is 12.6 Å². The molecular formula is C19H31NO. The Labute approximate surface area is 130 Å². The van der Waals surface area contributed by atoms with Crippen LogP contribution in [-0.2, 0) is 6.42 Å². The van der Waals surface area contributed by atoms with Crippen molar-refractivity contribution >= 4 is 0 Å². The number of aliphatic hydroxyl groups is 1. The van der Waals surface area contributed by atoms with Crippen LogP contribution in [0.4, 0.5) is 0 Å². The van der Waals surface area contributed by atoms with Crippen molar-refractivity contribution in [2.24, 2.45) is 5.41 Å². The predicted molar refractivity (Wildman–Crippen MR) is 89.4 cm³/mol. The molecule has 1 aromatic carbocycles. The quantitative estimate of drug-likeness (QED) is 0.850. The molecule has 2 nitrogen and oxygen atoms in total. The van der Waals surface area contributed by atoms with Crippen LogP contribution in [0.2, 0.25) is 0 Å². The van der Waals surface area contributed by atoms with E-state index in [1.54, 1.807) is 0 Å². The van der Waals surface area contributed by atoms with Crippen LogP contribution >= 0.6 is 0 Å². The van der Waals surface area contributed by atoms with E-state index in [4.69, 9.17) is 0 Å². The maximum Gasteiger partial charge on any atom is 0.0772 e. The highest BCUT2D eigenvalue weighted by molar-refractivity contribution is 5.24. The van der Waals surface area contributed by atoms with E-state index in [0.29, 0.717) is 12.0 Å². The van der Waals surface area contributed by atoms with E-state index in [1.807, 2.05) is 0 Å². The monoisotopic (exact) mass is 289 g/mol. The highest BCUT2D eigenvalue weighted by Crippen LogP contribution is 2.40. The number of hydrogen-bond donors (Lipinski definition) is 2. The van der Waals surface area contributed by atoms with E-state index in [-0.39, 0.29) is 6.04 Å². The molecular weight excluding hydrogens is 258 g/mol. The zero-order chi connectivity index (χ0) is 15.5. The molecule has 1 saturated carbocycles. The van der Waals surface area contributed by atoms with E-state index in [2.05, 4.69) is 57.3 Å². The molecule has 0 aliphatic heterocycles. The summed E-state index contributed by atoms with van der Waals surface area (Å²) in [7, 11) is 0. The van der Waals surface area contributed by atoms with Gasteiger partial charge in [-0.1, -0.05) is 45.0 Å². The first kappa shape index (κ1) is 16.5. The van der Waals surface area contributed by atoms with Crippen LogP contribution in [0.5, 0.6) is 0 Å². The Bertz CT molecular complexity index is 439. The molecule has 118 valence electrons. The SMILES string of the molecule is CCc1ccc(C(C)NCC2(O)CCC(C)(C)CC2)cc1. The minimum atomic E-state index is -0.521. The minimum absolute atomic E-state index is 0.287. The van der Waals surface area contributed by atoms with Gasteiger partial charge in [-0.25, -0.2) is 0 Å². The van der Waals surface area contributed by atoms with Crippen LogP contribution < -0.4 is 5.32 Å². The van der Waals surface area contributed by atoms with Crippen LogP contribution in [-0.4, -0.2) is 17.3 Å². The van der Waals surface area contributed by atoms with Crippen molar-refractivity contribution < 1.29 is 5.11 Å². The van der Waals surface area contributed by atoms with Crippen molar-refractivity contribution in [3.8, 4) is 0 Å². The highest BCUT2D eigenvalue weighted by Gasteiger charge is 2.36. The second-order valence-corrected chi connectivity index (χ2v) is 7.59. The molecule has 21 heavy (non-hydrogen) atoms. The first-order chi connectivity index (χ1) is 9.84. The summed E-state index contributed by atoms with van der Waals surface area (Å²) in [5.74, 6) is 0. The summed E-state index contributed by atoms with van der Waals surface area (Å²) in [5, 5.41) is 14.2. The van der Waals surface area contributed by atoms with Gasteiger partial charge in [0.2, 0.25) is 0 Å². The lowest BCUT2D eigenvalue weighted by Gasteiger charge is -2.40. The number of rotatable bonds is 5. The van der Waals surface area contributed by atoms with Crippen LogP contribution in [0, 0.1) is 5.41 Å². The summed E-state index contributed by atoms with van der Waals surface area (Å²) in [6, 6.07) is 9.08. The van der Waals surface area contributed by atoms with Gasteiger partial charge in [0.15, 0.2) is 0 Å². The standard InChI is InChI=1S/C19H31NO/c1-5-16-6-8-17(9-7-16)15(2)20-14-19(21)12-10-18(3,4)11-13-19/h6-9,15,20-21H,5,10-14H2,1-4H3. The molecule has 2 heteroatoms. The molecule has 0 saturated heterocycles. The smallest absolute Gasteiger partial charge is 0.0772 e. The Balaban J connectivity index is 1.87. The predicted octanol–water partition coefficient (Wildman–Crippen LogP) is 4.23. The van der Waals surface area contributed by atoms with Gasteiger partial charge >= 0.3 is 0 Å². The zero-order valence-corrected chi connectivity index (χ0v) is 14.1. The largest absolute Gasteiger partial charge is 0.389 e. The normalized spacial score (nSPS) is 22.0. The first-order valence-electron chi connectivity index (χ1n) is 8.38. The Hall–Kier alpha value is -0.860. The molecule has 0 heterocycles. The van der Waals surface area contributed by atoms with Crippen molar-refractivity contribution in [3.63, 3.8) is 0 Å². The van der Waals surface area contributed by atoms with E-state index in [0.717, 1.165) is 32.1 Å². The van der Waals surface area contributed by atoms with Crippen molar-refractivity contribution in [2.45, 2.75) is 71.4 Å². The Morgan fingerprint density at radius 3 is 2.19 bits per heavy atom. The topological polar surface area (TPSA) is 32.3 Å². The van der Waals surface area contributed by atoms with Crippen molar-refractivity contribution in [2.75, 3.05) is 6.54 Å². The fourth-order valence-corrected chi connectivity index (χ4v) is 3.07. The molecule has 2 rings (SSSR count). The highest BCUT2D eigenvalue weighted by atomic mass is 16.3. The molecule has 0 bridgehead atoms. The van der Waals surface area contributed by atoms with Gasteiger partial charge in [-0.15, -0.1) is 0 Å². The van der Waals surface area contributed by atoms with E-state index in [9.17, 15) is 5.11 Å². The second kappa shape index (κ2) is 6.50. The minimum Gasteiger partial charge on any atom is -0.389 e. The molecule has 1 aromatic rings. The fraction of sp³-hybridized carbons (Fsp3) is 0.684. The van der Waals surface area contributed by atoms with Gasteiger partial charge in [0.05, 0.1) is 5.60 Å². The summed E-state index contributed by atoms with van der Waals surface area (Å²) >= 11 is 0. The number of hydrogen-bond acceptors (Lipinski definition) is 2. The summed E-state index contributed by atoms with van der Waals surface area (Å²) in [6.07, 6.45) is 5.14. The van der Waals surface area contributed by atoms with Crippen LogP contribution in [0.1, 0.15) is 70.5 Å². The maximum absolute atomic E-state index is 10.7. The Morgan fingerprint density at radius 2 is 1.67 bits per heavy atom. The average Bonchev–Trinajstić information content (AvgIpc) is 2.49. The lowest BCUT2D eigenvalue weighted by atomic mass is 9.71. The van der Waals surface area contributed by atoms with Gasteiger partial charge in [0.25, 0.3) is 0 Å². The van der Waals surface area contributed by atoms with Gasteiger partial charge in [-0.2, -0.15) is 0 Å². The van der Waals surface area contributed by atoms with Gasteiger partial charge < -0.3 is 10.4 Å². The molecule has 1 aliphatic rings. The molecule has 0 amide bonds. The third-order valence-corrected chi connectivity index (χ3v) is 5.16. The molecule has 1 unspecified atom stereocenters. The summed E-state index contributed by atoms with van der Waals surface area (Å²) in [6.45, 7) is 9.66. The Kier molecular flexibility index (Phi) is 5.11. The number of aryl methyl sites for hydroxylation is 1. The van der Waals surface area contributed by atoms with Gasteiger partial charge in [0.1, 0.15) is 0 Å². The molecule has 2 N–H and O–H groups in total. The summed E-state index contributed by atoms with van der Waals surface area (Å²) < 4.78 is 0. The fourth-order valence-electron chi connectivity index (χ4n) is 3.07. The van der Waals surface area contributed by atoms with Crippen LogP contribution in [0.3, 0.4) is 0 Å². The molecule has 0 spiro atoms. The molecule has 1 aliphatic carbocycles. The number of nitrogens with one attached hydrogen (secondary N) is 1. The lowest BCUT2D eigenvalue weighted by molar-refractivity contribution is -0.0258. The van der Waals surface area contributed by atoms with Crippen molar-refractivity contribution in [1.82, 2.24) is 5.32 Å². The lowest BCUT2D eigenvalue weighted by Crippen LogP contribution is -2.45. The molecule has 0 aromatic heterocycles. The molecule has 1 atom stereocenters. The Morgan fingerprint density at radius 1 is 1.10 bits per heavy atom. The van der Waals surface area contributed by atoms with Gasteiger partial charge in [-0.3, -0.25) is 0 Å². The zero-order valence-electron chi connectivity index (χ0n) is 14.1. The first-order valence-corrected chi connectivity index (χ1v) is 8.38. The van der Waals surface area contributed by atoms with Gasteiger partial charge in [-0.05, 0) is 55.6 Å². The average molecular weight is 289 g/mol. The van der Waals surface area contributed by atoms with E-state index in [1.165, 1.54) is 11.1 Å². The van der Waals surface area contributed by atoms with E-state index < -0.39 is 5.60 Å². The van der Waals surface area contributed by atoms with E-state index >= 15 is 0 Å². The maximum atomic E-state index is 10.7. The number of benzene rings is 1. The third-order valence-electron chi connectivity index (χ3n) is 5.16. The van der Waals surface area contributed by atoms with Crippen molar-refractivity contribution in [1.29, 1.82) is 0 Å². The van der Waals surface area contributed by atoms with Crippen LogP contribution in [0.25, 0.3) is 0 Å². The summed E-state index contributed by atoms with van der Waals surface area (Å²) in [5.41, 5.74) is 2.55. The second-order valence-electron chi connectivity index (χ2n) is 7.59. The summed E-state index contributed by atoms with van der Waals surface area (Å²) in [4.78, 5) is 0. The van der Waals surface area contributed by atoms with Crippen LogP contribution in [0.15, 0.2) is 24.3 Å². The molecule has 0 radical (unpaired) electrons. The third kappa shape index (κ3) is 4.55.